The SMILES string of the molecule is CC[C@@H](CO)NC(=O)C(=O)Nc1ccc(C(C)C)cc1. The highest BCUT2D eigenvalue weighted by molar-refractivity contribution is 6.39. The van der Waals surface area contributed by atoms with Gasteiger partial charge in [0.05, 0.1) is 12.6 Å². The number of carbonyl (C=O) groups is 2. The summed E-state index contributed by atoms with van der Waals surface area (Å²) >= 11 is 0. The van der Waals surface area contributed by atoms with Crippen molar-refractivity contribution in [3.8, 4) is 0 Å². The standard InChI is InChI=1S/C15H22N2O3/c1-4-12(9-18)16-14(19)15(20)17-13-7-5-11(6-8-13)10(2)3/h5-8,10,12,18H,4,9H2,1-3H3,(H,16,19)(H,17,20)/t12-/m0/s1. The fourth-order valence-electron chi connectivity index (χ4n) is 1.67. The van der Waals surface area contributed by atoms with Crippen LogP contribution in [0.5, 0.6) is 0 Å². The topological polar surface area (TPSA) is 78.4 Å². The monoisotopic (exact) mass is 278 g/mol. The molecule has 0 aromatic heterocycles. The average Bonchev–Trinajstić information content (AvgIpc) is 2.44. The average molecular weight is 278 g/mol. The smallest absolute Gasteiger partial charge is 0.313 e. The first-order valence-corrected chi connectivity index (χ1v) is 6.80. The highest BCUT2D eigenvalue weighted by atomic mass is 16.3. The van der Waals surface area contributed by atoms with Gasteiger partial charge in [0.2, 0.25) is 0 Å². The van der Waals surface area contributed by atoms with Crippen molar-refractivity contribution in [2.45, 2.75) is 39.2 Å². The summed E-state index contributed by atoms with van der Waals surface area (Å²) in [5.74, 6) is -1.05. The Kier molecular flexibility index (Phi) is 6.18. The van der Waals surface area contributed by atoms with Crippen LogP contribution in [0.3, 0.4) is 0 Å². The van der Waals surface area contributed by atoms with Crippen LogP contribution in [-0.4, -0.2) is 29.6 Å². The molecule has 0 radical (unpaired) electrons. The van der Waals surface area contributed by atoms with Crippen LogP contribution >= 0.6 is 0 Å². The van der Waals surface area contributed by atoms with Gasteiger partial charge in [0.25, 0.3) is 0 Å². The van der Waals surface area contributed by atoms with E-state index in [1.165, 1.54) is 5.56 Å². The van der Waals surface area contributed by atoms with E-state index in [9.17, 15) is 9.59 Å². The molecule has 0 aliphatic carbocycles. The largest absolute Gasteiger partial charge is 0.394 e. The molecule has 0 spiro atoms. The van der Waals surface area contributed by atoms with Gasteiger partial charge in [-0.05, 0) is 30.0 Å². The van der Waals surface area contributed by atoms with Crippen molar-refractivity contribution in [2.75, 3.05) is 11.9 Å². The second-order valence-electron chi connectivity index (χ2n) is 4.99. The molecule has 0 saturated heterocycles. The molecule has 0 bridgehead atoms. The molecule has 110 valence electrons. The summed E-state index contributed by atoms with van der Waals surface area (Å²) in [7, 11) is 0. The van der Waals surface area contributed by atoms with E-state index in [1.54, 1.807) is 12.1 Å². The van der Waals surface area contributed by atoms with Crippen molar-refractivity contribution in [3.05, 3.63) is 29.8 Å². The van der Waals surface area contributed by atoms with Crippen LogP contribution in [0.1, 0.15) is 38.7 Å². The minimum Gasteiger partial charge on any atom is -0.394 e. The predicted molar refractivity (Wildman–Crippen MR) is 78.5 cm³/mol. The van der Waals surface area contributed by atoms with Crippen molar-refractivity contribution in [1.29, 1.82) is 0 Å². The molecule has 1 atom stereocenters. The predicted octanol–water partition coefficient (Wildman–Crippen LogP) is 1.64. The van der Waals surface area contributed by atoms with Crippen LogP contribution in [0, 0.1) is 0 Å². The Labute approximate surface area is 119 Å². The van der Waals surface area contributed by atoms with Gasteiger partial charge in [0.15, 0.2) is 0 Å². The molecule has 0 aliphatic heterocycles. The molecule has 2 amide bonds. The number of aliphatic hydroxyl groups excluding tert-OH is 1. The van der Waals surface area contributed by atoms with Gasteiger partial charge < -0.3 is 15.7 Å². The van der Waals surface area contributed by atoms with Crippen molar-refractivity contribution in [3.63, 3.8) is 0 Å². The first kappa shape index (κ1) is 16.2. The number of benzene rings is 1. The Morgan fingerprint density at radius 2 is 1.75 bits per heavy atom. The summed E-state index contributed by atoms with van der Waals surface area (Å²) in [6.07, 6.45) is 0.568. The normalized spacial score (nSPS) is 12.1. The molecule has 1 aromatic rings. The van der Waals surface area contributed by atoms with Crippen LogP contribution in [0.2, 0.25) is 0 Å². The lowest BCUT2D eigenvalue weighted by Gasteiger charge is -2.13. The van der Waals surface area contributed by atoms with E-state index in [0.717, 1.165) is 0 Å². The summed E-state index contributed by atoms with van der Waals surface area (Å²) in [6.45, 7) is 5.81. The third kappa shape index (κ3) is 4.66. The van der Waals surface area contributed by atoms with Crippen molar-refractivity contribution >= 4 is 17.5 Å². The van der Waals surface area contributed by atoms with E-state index in [2.05, 4.69) is 24.5 Å². The zero-order valence-electron chi connectivity index (χ0n) is 12.1. The van der Waals surface area contributed by atoms with E-state index >= 15 is 0 Å². The Balaban J connectivity index is 2.59. The highest BCUT2D eigenvalue weighted by Crippen LogP contribution is 2.16. The molecule has 0 heterocycles. The number of carbonyl (C=O) groups excluding carboxylic acids is 2. The molecule has 5 heteroatoms. The van der Waals surface area contributed by atoms with E-state index < -0.39 is 17.9 Å². The quantitative estimate of drug-likeness (QED) is 0.716. The third-order valence-corrected chi connectivity index (χ3v) is 3.09. The first-order valence-electron chi connectivity index (χ1n) is 6.80. The minimum absolute atomic E-state index is 0.182. The Bertz CT molecular complexity index is 451. The minimum atomic E-state index is -0.737. The summed E-state index contributed by atoms with van der Waals surface area (Å²) in [5, 5.41) is 14.0. The number of amides is 2. The van der Waals surface area contributed by atoms with Gasteiger partial charge in [-0.3, -0.25) is 9.59 Å². The molecule has 1 aromatic carbocycles. The molecule has 5 nitrogen and oxygen atoms in total. The number of anilines is 1. The van der Waals surface area contributed by atoms with Crippen molar-refractivity contribution in [2.24, 2.45) is 0 Å². The fraction of sp³-hybridized carbons (Fsp3) is 0.467. The maximum atomic E-state index is 11.7. The molecule has 0 saturated carbocycles. The molecule has 0 aliphatic rings. The molecule has 20 heavy (non-hydrogen) atoms. The summed E-state index contributed by atoms with van der Waals surface area (Å²) < 4.78 is 0. The van der Waals surface area contributed by atoms with Crippen molar-refractivity contribution in [1.82, 2.24) is 5.32 Å². The maximum absolute atomic E-state index is 11.7. The molecule has 0 fully saturated rings. The van der Waals surface area contributed by atoms with Gasteiger partial charge in [-0.15, -0.1) is 0 Å². The summed E-state index contributed by atoms with van der Waals surface area (Å²) in [5.41, 5.74) is 1.74. The van der Waals surface area contributed by atoms with Crippen LogP contribution in [0.25, 0.3) is 0 Å². The second-order valence-corrected chi connectivity index (χ2v) is 4.99. The number of rotatable bonds is 5. The lowest BCUT2D eigenvalue weighted by Crippen LogP contribution is -2.43. The van der Waals surface area contributed by atoms with E-state index in [0.29, 0.717) is 18.0 Å². The molecule has 3 N–H and O–H groups in total. The summed E-state index contributed by atoms with van der Waals surface area (Å²) in [4.78, 5) is 23.3. The number of nitrogens with one attached hydrogen (secondary N) is 2. The van der Waals surface area contributed by atoms with Gasteiger partial charge >= 0.3 is 11.8 Å². The zero-order valence-corrected chi connectivity index (χ0v) is 12.1. The zero-order chi connectivity index (χ0) is 15.1. The number of hydrogen-bond acceptors (Lipinski definition) is 3. The Morgan fingerprint density at radius 3 is 2.20 bits per heavy atom. The molecule has 0 unspecified atom stereocenters. The van der Waals surface area contributed by atoms with Crippen LogP contribution in [0.4, 0.5) is 5.69 Å². The maximum Gasteiger partial charge on any atom is 0.313 e. The first-order chi connectivity index (χ1) is 9.47. The van der Waals surface area contributed by atoms with Crippen LogP contribution in [-0.2, 0) is 9.59 Å². The van der Waals surface area contributed by atoms with Gasteiger partial charge in [-0.2, -0.15) is 0 Å². The Morgan fingerprint density at radius 1 is 1.15 bits per heavy atom. The molecule has 1 rings (SSSR count). The van der Waals surface area contributed by atoms with E-state index in [4.69, 9.17) is 5.11 Å². The number of hydrogen-bond donors (Lipinski definition) is 3. The van der Waals surface area contributed by atoms with Gasteiger partial charge in [0, 0.05) is 5.69 Å². The van der Waals surface area contributed by atoms with E-state index in [1.807, 2.05) is 19.1 Å². The van der Waals surface area contributed by atoms with Gasteiger partial charge in [0.1, 0.15) is 0 Å². The highest BCUT2D eigenvalue weighted by Gasteiger charge is 2.17. The van der Waals surface area contributed by atoms with Crippen LogP contribution in [0.15, 0.2) is 24.3 Å². The Hall–Kier alpha value is -1.88. The number of aliphatic hydroxyl groups is 1. The lowest BCUT2D eigenvalue weighted by molar-refractivity contribution is -0.136. The second kappa shape index (κ2) is 7.65. The van der Waals surface area contributed by atoms with Crippen molar-refractivity contribution < 1.29 is 14.7 Å². The lowest BCUT2D eigenvalue weighted by atomic mass is 10.0. The fourth-order valence-corrected chi connectivity index (χ4v) is 1.67. The van der Waals surface area contributed by atoms with Gasteiger partial charge in [-0.25, -0.2) is 0 Å². The van der Waals surface area contributed by atoms with Gasteiger partial charge in [-0.1, -0.05) is 32.9 Å². The van der Waals surface area contributed by atoms with E-state index in [-0.39, 0.29) is 6.61 Å². The molecular formula is C15H22N2O3. The third-order valence-electron chi connectivity index (χ3n) is 3.09. The molecular weight excluding hydrogens is 256 g/mol. The summed E-state index contributed by atoms with van der Waals surface area (Å²) in [6, 6.07) is 6.98. The van der Waals surface area contributed by atoms with Crippen LogP contribution < -0.4 is 10.6 Å².